The van der Waals surface area contributed by atoms with Gasteiger partial charge in [-0.15, -0.1) is 0 Å². The largest absolute Gasteiger partial charge is 0.462 e. The van der Waals surface area contributed by atoms with Crippen LogP contribution in [0.5, 0.6) is 0 Å². The number of esters is 1. The lowest BCUT2D eigenvalue weighted by Gasteiger charge is -2.16. The molecule has 0 spiro atoms. The second-order valence-corrected chi connectivity index (χ2v) is 8.10. The number of para-hydroxylation sites is 1. The molecule has 2 heterocycles. The number of aryl methyl sites for hydroxylation is 2. The number of hydrogen-bond acceptors (Lipinski definition) is 7. The maximum Gasteiger partial charge on any atom is 0.350 e. The third-order valence-electron chi connectivity index (χ3n) is 4.98. The first-order valence-corrected chi connectivity index (χ1v) is 10.7. The molecule has 1 aliphatic heterocycles. The minimum atomic E-state index is -0.508. The van der Waals surface area contributed by atoms with Crippen molar-refractivity contribution in [2.75, 3.05) is 16.8 Å². The summed E-state index contributed by atoms with van der Waals surface area (Å²) >= 11 is 1.01. The molecule has 0 bridgehead atoms. The fourth-order valence-electron chi connectivity index (χ4n) is 3.42. The summed E-state index contributed by atoms with van der Waals surface area (Å²) in [6.07, 6.45) is 0. The highest BCUT2D eigenvalue weighted by atomic mass is 32.1. The predicted octanol–water partition coefficient (Wildman–Crippen LogP) is 3.99. The Morgan fingerprint density at radius 1 is 1.06 bits per heavy atom. The van der Waals surface area contributed by atoms with Gasteiger partial charge in [0, 0.05) is 5.56 Å². The van der Waals surface area contributed by atoms with Gasteiger partial charge in [-0.05, 0) is 50.6 Å². The van der Waals surface area contributed by atoms with E-state index >= 15 is 0 Å². The summed E-state index contributed by atoms with van der Waals surface area (Å²) in [5.41, 5.74) is 2.35. The molecule has 4 rings (SSSR count). The molecule has 3 amide bonds. The van der Waals surface area contributed by atoms with Gasteiger partial charge in [0.15, 0.2) is 5.13 Å². The van der Waals surface area contributed by atoms with Crippen LogP contribution in [0.15, 0.2) is 42.5 Å². The fourth-order valence-corrected chi connectivity index (χ4v) is 4.28. The van der Waals surface area contributed by atoms with E-state index in [9.17, 15) is 19.2 Å². The van der Waals surface area contributed by atoms with Crippen molar-refractivity contribution in [1.29, 1.82) is 0 Å². The van der Waals surface area contributed by atoms with Gasteiger partial charge >= 0.3 is 5.97 Å². The van der Waals surface area contributed by atoms with Crippen molar-refractivity contribution in [3.05, 3.63) is 75.3 Å². The molecule has 2 aromatic carbocycles. The van der Waals surface area contributed by atoms with Crippen molar-refractivity contribution in [3.63, 3.8) is 0 Å². The molecule has 0 saturated carbocycles. The van der Waals surface area contributed by atoms with E-state index in [1.165, 1.54) is 18.2 Å². The first-order valence-electron chi connectivity index (χ1n) is 9.86. The Balaban J connectivity index is 1.59. The molecule has 1 N–H and O–H groups in total. The average Bonchev–Trinajstić information content (AvgIpc) is 3.25. The summed E-state index contributed by atoms with van der Waals surface area (Å²) in [5, 5.41) is 2.87. The van der Waals surface area contributed by atoms with E-state index in [2.05, 4.69) is 10.3 Å². The molecule has 0 fully saturated rings. The molecule has 0 atom stereocenters. The number of carbonyl (C=O) groups excluding carboxylic acids is 4. The van der Waals surface area contributed by atoms with Crippen molar-refractivity contribution in [2.45, 2.75) is 20.8 Å². The molecular weight excluding hydrogens is 430 g/mol. The van der Waals surface area contributed by atoms with Gasteiger partial charge in [0.25, 0.3) is 17.7 Å². The Labute approximate surface area is 187 Å². The van der Waals surface area contributed by atoms with Crippen LogP contribution in [0, 0.1) is 13.8 Å². The maximum absolute atomic E-state index is 13.0. The summed E-state index contributed by atoms with van der Waals surface area (Å²) in [5.74, 6) is -1.92. The van der Waals surface area contributed by atoms with Gasteiger partial charge < -0.3 is 4.74 Å². The number of benzene rings is 2. The van der Waals surface area contributed by atoms with Crippen LogP contribution in [-0.4, -0.2) is 35.3 Å². The van der Waals surface area contributed by atoms with Gasteiger partial charge in [-0.3, -0.25) is 19.7 Å². The quantitative estimate of drug-likeness (QED) is 0.466. The normalized spacial score (nSPS) is 12.7. The number of amides is 3. The van der Waals surface area contributed by atoms with Gasteiger partial charge in [-0.1, -0.05) is 29.5 Å². The number of aromatic nitrogens is 1. The molecule has 0 radical (unpaired) electrons. The first-order chi connectivity index (χ1) is 15.3. The van der Waals surface area contributed by atoms with Crippen molar-refractivity contribution >= 4 is 45.8 Å². The molecule has 3 aromatic rings. The number of ether oxygens (including phenoxy) is 1. The standard InChI is InChI=1S/C23H19N3O5S/c1-4-31-22(30)18-13(3)24-23(32-18)25-19(27)14-9-10-15-16(11-14)21(29)26(20(15)28)17-8-6-5-7-12(17)2/h5-11H,4H2,1-3H3,(H,24,25,27). The number of anilines is 2. The van der Waals surface area contributed by atoms with Crippen molar-refractivity contribution in [3.8, 4) is 0 Å². The highest BCUT2D eigenvalue weighted by molar-refractivity contribution is 7.17. The lowest BCUT2D eigenvalue weighted by Crippen LogP contribution is -2.29. The molecule has 1 aliphatic rings. The molecule has 0 saturated heterocycles. The van der Waals surface area contributed by atoms with Gasteiger partial charge in [0.05, 0.1) is 29.1 Å². The highest BCUT2D eigenvalue weighted by Gasteiger charge is 2.37. The summed E-state index contributed by atoms with van der Waals surface area (Å²) in [6.45, 7) is 5.41. The fraction of sp³-hybridized carbons (Fsp3) is 0.174. The molecule has 0 unspecified atom stereocenters. The van der Waals surface area contributed by atoms with E-state index in [4.69, 9.17) is 4.74 Å². The van der Waals surface area contributed by atoms with Crippen LogP contribution >= 0.6 is 11.3 Å². The minimum absolute atomic E-state index is 0.161. The van der Waals surface area contributed by atoms with E-state index in [-0.39, 0.29) is 28.4 Å². The van der Waals surface area contributed by atoms with Gasteiger partial charge in [-0.2, -0.15) is 0 Å². The van der Waals surface area contributed by atoms with E-state index in [0.717, 1.165) is 21.8 Å². The number of hydrogen-bond donors (Lipinski definition) is 1. The Bertz CT molecular complexity index is 1280. The monoisotopic (exact) mass is 449 g/mol. The number of carbonyl (C=O) groups is 4. The third-order valence-corrected chi connectivity index (χ3v) is 6.04. The second kappa shape index (κ2) is 8.35. The summed E-state index contributed by atoms with van der Waals surface area (Å²) in [7, 11) is 0. The van der Waals surface area contributed by atoms with Crippen LogP contribution in [0.1, 0.15) is 58.9 Å². The highest BCUT2D eigenvalue weighted by Crippen LogP contribution is 2.31. The second-order valence-electron chi connectivity index (χ2n) is 7.10. The third kappa shape index (κ3) is 3.67. The number of imide groups is 1. The average molecular weight is 449 g/mol. The van der Waals surface area contributed by atoms with Crippen molar-refractivity contribution in [1.82, 2.24) is 4.98 Å². The number of nitrogens with zero attached hydrogens (tertiary/aromatic N) is 2. The molecule has 1 aromatic heterocycles. The smallest absolute Gasteiger partial charge is 0.350 e. The van der Waals surface area contributed by atoms with Crippen LogP contribution in [0.3, 0.4) is 0 Å². The first kappa shape index (κ1) is 21.4. The predicted molar refractivity (Wildman–Crippen MR) is 120 cm³/mol. The minimum Gasteiger partial charge on any atom is -0.462 e. The zero-order chi connectivity index (χ0) is 23.0. The lowest BCUT2D eigenvalue weighted by molar-refractivity contribution is 0.0530. The Kier molecular flexibility index (Phi) is 5.58. The van der Waals surface area contributed by atoms with E-state index in [0.29, 0.717) is 16.3 Å². The van der Waals surface area contributed by atoms with Gasteiger partial charge in [0.2, 0.25) is 0 Å². The van der Waals surface area contributed by atoms with E-state index in [1.807, 2.05) is 19.1 Å². The lowest BCUT2D eigenvalue weighted by atomic mass is 10.1. The van der Waals surface area contributed by atoms with Crippen LogP contribution < -0.4 is 10.2 Å². The SMILES string of the molecule is CCOC(=O)c1sc(NC(=O)c2ccc3c(c2)C(=O)N(c2ccccc2C)C3=O)nc1C. The van der Waals surface area contributed by atoms with E-state index < -0.39 is 23.7 Å². The van der Waals surface area contributed by atoms with Gasteiger partial charge in [0.1, 0.15) is 4.88 Å². The molecule has 32 heavy (non-hydrogen) atoms. The number of fused-ring (bicyclic) bond motifs is 1. The Morgan fingerprint density at radius 2 is 1.78 bits per heavy atom. The Hall–Kier alpha value is -3.85. The number of thiazole rings is 1. The molecule has 9 heteroatoms. The van der Waals surface area contributed by atoms with Crippen LogP contribution in [0.25, 0.3) is 0 Å². The maximum atomic E-state index is 13.0. The molecule has 8 nitrogen and oxygen atoms in total. The zero-order valence-electron chi connectivity index (χ0n) is 17.6. The van der Waals surface area contributed by atoms with Gasteiger partial charge in [-0.25, -0.2) is 14.7 Å². The summed E-state index contributed by atoms with van der Waals surface area (Å²) < 4.78 is 4.98. The summed E-state index contributed by atoms with van der Waals surface area (Å²) in [4.78, 5) is 56.2. The van der Waals surface area contributed by atoms with Crippen LogP contribution in [-0.2, 0) is 4.74 Å². The van der Waals surface area contributed by atoms with E-state index in [1.54, 1.807) is 26.0 Å². The van der Waals surface area contributed by atoms with Crippen molar-refractivity contribution in [2.24, 2.45) is 0 Å². The number of nitrogens with one attached hydrogen (secondary N) is 1. The molecule has 0 aliphatic carbocycles. The molecule has 162 valence electrons. The van der Waals surface area contributed by atoms with Crippen molar-refractivity contribution < 1.29 is 23.9 Å². The number of rotatable bonds is 5. The summed E-state index contributed by atoms with van der Waals surface area (Å²) in [6, 6.07) is 11.5. The Morgan fingerprint density at radius 3 is 2.50 bits per heavy atom. The topological polar surface area (TPSA) is 106 Å². The molecular formula is C23H19N3O5S. The zero-order valence-corrected chi connectivity index (χ0v) is 18.4. The van der Waals surface area contributed by atoms with Crippen LogP contribution in [0.2, 0.25) is 0 Å². The van der Waals surface area contributed by atoms with Crippen LogP contribution in [0.4, 0.5) is 10.8 Å².